The first kappa shape index (κ1) is 13.5. The molecular formula is C12H23NO3. The van der Waals surface area contributed by atoms with Crippen LogP contribution in [-0.2, 0) is 14.3 Å². The van der Waals surface area contributed by atoms with Crippen LogP contribution < -0.4 is 5.73 Å². The highest BCUT2D eigenvalue weighted by Crippen LogP contribution is 2.15. The molecule has 0 aliphatic carbocycles. The van der Waals surface area contributed by atoms with Crippen LogP contribution in [0.15, 0.2) is 0 Å². The van der Waals surface area contributed by atoms with Crippen molar-refractivity contribution in [2.75, 3.05) is 13.2 Å². The van der Waals surface area contributed by atoms with Crippen LogP contribution in [0.4, 0.5) is 0 Å². The van der Waals surface area contributed by atoms with Gasteiger partial charge in [0.05, 0.1) is 6.10 Å². The van der Waals surface area contributed by atoms with Crippen molar-refractivity contribution in [1.82, 2.24) is 0 Å². The summed E-state index contributed by atoms with van der Waals surface area (Å²) in [4.78, 5) is 11.7. The number of rotatable bonds is 5. The smallest absolute Gasteiger partial charge is 0.325 e. The van der Waals surface area contributed by atoms with Crippen molar-refractivity contribution < 1.29 is 14.3 Å². The number of hydrogen-bond acceptors (Lipinski definition) is 4. The molecule has 0 radical (unpaired) electrons. The summed E-state index contributed by atoms with van der Waals surface area (Å²) in [6, 6.07) is 0. The maximum atomic E-state index is 11.7. The molecule has 16 heavy (non-hydrogen) atoms. The van der Waals surface area contributed by atoms with Crippen LogP contribution in [0.5, 0.6) is 0 Å². The molecule has 4 heteroatoms. The standard InChI is InChI=1S/C12H23NO3/c1-3-7-12(2,13)11(14)16-9-10-6-4-5-8-15-10/h10H,3-9,13H2,1-2H3. The van der Waals surface area contributed by atoms with E-state index in [1.165, 1.54) is 0 Å². The van der Waals surface area contributed by atoms with E-state index in [0.29, 0.717) is 13.0 Å². The van der Waals surface area contributed by atoms with Crippen LogP contribution in [0.1, 0.15) is 46.0 Å². The van der Waals surface area contributed by atoms with Gasteiger partial charge in [0.1, 0.15) is 12.1 Å². The van der Waals surface area contributed by atoms with Crippen molar-refractivity contribution in [1.29, 1.82) is 0 Å². The molecule has 0 amide bonds. The summed E-state index contributed by atoms with van der Waals surface area (Å²) in [5.41, 5.74) is 5.01. The summed E-state index contributed by atoms with van der Waals surface area (Å²) in [6.07, 6.45) is 4.82. The lowest BCUT2D eigenvalue weighted by molar-refractivity contribution is -0.155. The Hall–Kier alpha value is -0.610. The first-order valence-electron chi connectivity index (χ1n) is 6.14. The van der Waals surface area contributed by atoms with E-state index in [-0.39, 0.29) is 12.1 Å². The number of hydrogen-bond donors (Lipinski definition) is 1. The lowest BCUT2D eigenvalue weighted by Gasteiger charge is -2.26. The fourth-order valence-electron chi connectivity index (χ4n) is 1.89. The Labute approximate surface area is 97.5 Å². The Kier molecular flexibility index (Phi) is 5.22. The molecule has 0 bridgehead atoms. The molecule has 0 aromatic heterocycles. The second-order valence-corrected chi connectivity index (χ2v) is 4.75. The van der Waals surface area contributed by atoms with E-state index in [2.05, 4.69) is 0 Å². The highest BCUT2D eigenvalue weighted by molar-refractivity contribution is 5.79. The zero-order chi connectivity index (χ0) is 12.0. The molecule has 0 spiro atoms. The number of esters is 1. The summed E-state index contributed by atoms with van der Waals surface area (Å²) < 4.78 is 10.7. The van der Waals surface area contributed by atoms with Crippen LogP contribution >= 0.6 is 0 Å². The van der Waals surface area contributed by atoms with Gasteiger partial charge >= 0.3 is 5.97 Å². The van der Waals surface area contributed by atoms with Crippen molar-refractivity contribution in [3.8, 4) is 0 Å². The van der Waals surface area contributed by atoms with Crippen molar-refractivity contribution in [2.24, 2.45) is 5.73 Å². The van der Waals surface area contributed by atoms with Gasteiger partial charge in [-0.05, 0) is 32.6 Å². The fourth-order valence-corrected chi connectivity index (χ4v) is 1.89. The third-order valence-corrected chi connectivity index (χ3v) is 2.91. The third kappa shape index (κ3) is 4.10. The number of ether oxygens (including phenoxy) is 2. The summed E-state index contributed by atoms with van der Waals surface area (Å²) in [5.74, 6) is -0.316. The highest BCUT2D eigenvalue weighted by Gasteiger charge is 2.29. The molecule has 0 aromatic carbocycles. The Balaban J connectivity index is 2.28. The molecular weight excluding hydrogens is 206 g/mol. The molecule has 2 N–H and O–H groups in total. The first-order chi connectivity index (χ1) is 7.56. The van der Waals surface area contributed by atoms with Crippen molar-refractivity contribution >= 4 is 5.97 Å². The monoisotopic (exact) mass is 229 g/mol. The highest BCUT2D eigenvalue weighted by atomic mass is 16.6. The molecule has 0 aromatic rings. The lowest BCUT2D eigenvalue weighted by atomic mass is 9.98. The molecule has 2 atom stereocenters. The Bertz CT molecular complexity index is 222. The van der Waals surface area contributed by atoms with Crippen LogP contribution in [-0.4, -0.2) is 30.8 Å². The molecule has 1 aliphatic rings. The van der Waals surface area contributed by atoms with E-state index in [1.54, 1.807) is 6.92 Å². The van der Waals surface area contributed by atoms with E-state index in [4.69, 9.17) is 15.2 Å². The van der Waals surface area contributed by atoms with Gasteiger partial charge < -0.3 is 15.2 Å². The van der Waals surface area contributed by atoms with Gasteiger partial charge in [-0.3, -0.25) is 4.79 Å². The Morgan fingerprint density at radius 1 is 1.56 bits per heavy atom. The van der Waals surface area contributed by atoms with E-state index in [1.807, 2.05) is 6.92 Å². The van der Waals surface area contributed by atoms with Crippen molar-refractivity contribution in [3.63, 3.8) is 0 Å². The van der Waals surface area contributed by atoms with E-state index < -0.39 is 5.54 Å². The van der Waals surface area contributed by atoms with Gasteiger partial charge in [0.2, 0.25) is 0 Å². The van der Waals surface area contributed by atoms with Crippen molar-refractivity contribution in [3.05, 3.63) is 0 Å². The minimum absolute atomic E-state index is 0.0649. The normalized spacial score (nSPS) is 24.8. The van der Waals surface area contributed by atoms with Crippen LogP contribution in [0, 0.1) is 0 Å². The Morgan fingerprint density at radius 2 is 2.31 bits per heavy atom. The third-order valence-electron chi connectivity index (χ3n) is 2.91. The predicted molar refractivity (Wildman–Crippen MR) is 62.1 cm³/mol. The zero-order valence-corrected chi connectivity index (χ0v) is 10.3. The van der Waals surface area contributed by atoms with E-state index >= 15 is 0 Å². The molecule has 1 aliphatic heterocycles. The molecule has 1 fully saturated rings. The molecule has 1 rings (SSSR count). The number of carbonyl (C=O) groups excluding carboxylic acids is 1. The fraction of sp³-hybridized carbons (Fsp3) is 0.917. The van der Waals surface area contributed by atoms with Gasteiger partial charge in [0.25, 0.3) is 0 Å². The second kappa shape index (κ2) is 6.21. The average Bonchev–Trinajstić information content (AvgIpc) is 2.27. The topological polar surface area (TPSA) is 61.6 Å². The SMILES string of the molecule is CCCC(C)(N)C(=O)OCC1CCCCO1. The minimum Gasteiger partial charge on any atom is -0.462 e. The van der Waals surface area contributed by atoms with Gasteiger partial charge in [0, 0.05) is 6.61 Å². The second-order valence-electron chi connectivity index (χ2n) is 4.75. The van der Waals surface area contributed by atoms with Crippen LogP contribution in [0.25, 0.3) is 0 Å². The average molecular weight is 229 g/mol. The maximum Gasteiger partial charge on any atom is 0.325 e. The number of carbonyl (C=O) groups is 1. The lowest BCUT2D eigenvalue weighted by Crippen LogP contribution is -2.46. The summed E-state index contributed by atoms with van der Waals surface area (Å²) in [6.45, 7) is 4.84. The Morgan fingerprint density at radius 3 is 2.88 bits per heavy atom. The molecule has 4 nitrogen and oxygen atoms in total. The summed E-state index contributed by atoms with van der Waals surface area (Å²) >= 11 is 0. The quantitative estimate of drug-likeness (QED) is 0.728. The van der Waals surface area contributed by atoms with Crippen molar-refractivity contribution in [2.45, 2.75) is 57.6 Å². The minimum atomic E-state index is -0.858. The predicted octanol–water partition coefficient (Wildman–Crippen LogP) is 1.62. The van der Waals surface area contributed by atoms with Gasteiger partial charge in [0.15, 0.2) is 0 Å². The van der Waals surface area contributed by atoms with Gasteiger partial charge in [-0.1, -0.05) is 13.3 Å². The zero-order valence-electron chi connectivity index (χ0n) is 10.3. The largest absolute Gasteiger partial charge is 0.462 e. The summed E-state index contributed by atoms with van der Waals surface area (Å²) in [5, 5.41) is 0. The maximum absolute atomic E-state index is 11.7. The molecule has 1 saturated heterocycles. The first-order valence-corrected chi connectivity index (χ1v) is 6.14. The van der Waals surface area contributed by atoms with Gasteiger partial charge in [-0.15, -0.1) is 0 Å². The van der Waals surface area contributed by atoms with E-state index in [9.17, 15) is 4.79 Å². The molecule has 94 valence electrons. The van der Waals surface area contributed by atoms with Gasteiger partial charge in [-0.25, -0.2) is 0 Å². The van der Waals surface area contributed by atoms with E-state index in [0.717, 1.165) is 32.3 Å². The summed E-state index contributed by atoms with van der Waals surface area (Å²) in [7, 11) is 0. The number of nitrogens with two attached hydrogens (primary N) is 1. The molecule has 2 unspecified atom stereocenters. The molecule has 0 saturated carbocycles. The molecule has 1 heterocycles. The van der Waals surface area contributed by atoms with Crippen LogP contribution in [0.2, 0.25) is 0 Å². The van der Waals surface area contributed by atoms with Gasteiger partial charge in [-0.2, -0.15) is 0 Å². The van der Waals surface area contributed by atoms with Crippen LogP contribution in [0.3, 0.4) is 0 Å².